The van der Waals surface area contributed by atoms with Gasteiger partial charge in [-0.3, -0.25) is 0 Å². The second-order valence-electron chi connectivity index (χ2n) is 5.43. The van der Waals surface area contributed by atoms with Crippen LogP contribution in [0.2, 0.25) is 0 Å². The highest BCUT2D eigenvalue weighted by molar-refractivity contribution is 5.43. The van der Waals surface area contributed by atoms with Gasteiger partial charge in [-0.25, -0.2) is 9.97 Å². The molecule has 3 fully saturated rings. The van der Waals surface area contributed by atoms with Gasteiger partial charge in [-0.05, 0) is 19.3 Å². The molecule has 4 nitrogen and oxygen atoms in total. The van der Waals surface area contributed by atoms with Gasteiger partial charge >= 0.3 is 0 Å². The van der Waals surface area contributed by atoms with E-state index in [0.717, 1.165) is 19.0 Å². The number of ether oxygens (including phenoxy) is 1. The van der Waals surface area contributed by atoms with Crippen LogP contribution in [-0.2, 0) is 4.74 Å². The van der Waals surface area contributed by atoms with Crippen LogP contribution in [0, 0.1) is 0 Å². The average molecular weight is 231 g/mol. The molecule has 2 aliphatic heterocycles. The Morgan fingerprint density at radius 3 is 2.88 bits per heavy atom. The van der Waals surface area contributed by atoms with Gasteiger partial charge < -0.3 is 9.64 Å². The lowest BCUT2D eigenvalue weighted by Gasteiger charge is -2.29. The van der Waals surface area contributed by atoms with E-state index in [1.807, 2.05) is 0 Å². The first kappa shape index (κ1) is 9.83. The number of nitrogens with zero attached hydrogens (tertiary/aromatic N) is 3. The summed E-state index contributed by atoms with van der Waals surface area (Å²) in [6.45, 7) is 1.87. The highest BCUT2D eigenvalue weighted by Crippen LogP contribution is 2.37. The van der Waals surface area contributed by atoms with Gasteiger partial charge in [0, 0.05) is 24.2 Å². The summed E-state index contributed by atoms with van der Waals surface area (Å²) in [6.07, 6.45) is 7.28. The Labute approximate surface area is 101 Å². The first-order chi connectivity index (χ1) is 8.40. The zero-order chi connectivity index (χ0) is 11.2. The van der Waals surface area contributed by atoms with Gasteiger partial charge in [-0.1, -0.05) is 6.42 Å². The van der Waals surface area contributed by atoms with Crippen LogP contribution in [0.5, 0.6) is 0 Å². The van der Waals surface area contributed by atoms with E-state index in [9.17, 15) is 0 Å². The van der Waals surface area contributed by atoms with Gasteiger partial charge in [0.1, 0.15) is 12.1 Å². The van der Waals surface area contributed by atoms with Gasteiger partial charge in [0.2, 0.25) is 0 Å². The molecule has 2 bridgehead atoms. The van der Waals surface area contributed by atoms with Crippen molar-refractivity contribution in [3.63, 3.8) is 0 Å². The minimum absolute atomic E-state index is 0.433. The minimum Gasteiger partial charge on any atom is -0.374 e. The molecule has 0 N–H and O–H groups in total. The molecule has 2 atom stereocenters. The van der Waals surface area contributed by atoms with Crippen LogP contribution < -0.4 is 4.90 Å². The average Bonchev–Trinajstić information content (AvgIpc) is 2.88. The third-order valence-corrected chi connectivity index (χ3v) is 4.39. The number of morpholine rings is 1. The number of hydrogen-bond acceptors (Lipinski definition) is 4. The van der Waals surface area contributed by atoms with E-state index < -0.39 is 0 Å². The van der Waals surface area contributed by atoms with Crippen LogP contribution in [0.3, 0.4) is 0 Å². The Hall–Kier alpha value is -1.16. The van der Waals surface area contributed by atoms with Gasteiger partial charge in [0.05, 0.1) is 18.8 Å². The molecule has 2 saturated heterocycles. The van der Waals surface area contributed by atoms with Gasteiger partial charge in [-0.2, -0.15) is 0 Å². The number of aromatic nitrogens is 2. The molecule has 0 aromatic carbocycles. The summed E-state index contributed by atoms with van der Waals surface area (Å²) >= 11 is 0. The Morgan fingerprint density at radius 1 is 1.29 bits per heavy atom. The van der Waals surface area contributed by atoms with Crippen LogP contribution in [0.25, 0.3) is 0 Å². The summed E-state index contributed by atoms with van der Waals surface area (Å²) in [5.74, 6) is 1.80. The standard InChI is InChI=1S/C13H17N3O/c1-2-9(3-1)12-5-13(15-8-14-12)16-6-11-4-10(16)7-17-11/h5,8-11H,1-4,6-7H2. The fraction of sp³-hybridized carbons (Fsp3) is 0.692. The summed E-state index contributed by atoms with van der Waals surface area (Å²) in [4.78, 5) is 11.3. The smallest absolute Gasteiger partial charge is 0.132 e. The van der Waals surface area contributed by atoms with E-state index in [-0.39, 0.29) is 0 Å². The number of anilines is 1. The molecular formula is C13H17N3O. The van der Waals surface area contributed by atoms with Crippen LogP contribution in [0.15, 0.2) is 12.4 Å². The SMILES string of the molecule is c1nc(C2CCC2)cc(N2CC3CC2CO3)n1. The number of rotatable bonds is 2. The Bertz CT molecular complexity index is 432. The van der Waals surface area contributed by atoms with E-state index in [2.05, 4.69) is 20.9 Å². The molecule has 90 valence electrons. The molecule has 4 rings (SSSR count). The predicted octanol–water partition coefficient (Wildman–Crippen LogP) is 1.72. The Morgan fingerprint density at radius 2 is 2.24 bits per heavy atom. The molecule has 0 radical (unpaired) electrons. The summed E-state index contributed by atoms with van der Waals surface area (Å²) < 4.78 is 5.63. The van der Waals surface area contributed by atoms with Crippen molar-refractivity contribution in [3.05, 3.63) is 18.1 Å². The van der Waals surface area contributed by atoms with Crippen molar-refractivity contribution in [1.29, 1.82) is 0 Å². The van der Waals surface area contributed by atoms with E-state index in [1.54, 1.807) is 6.33 Å². The van der Waals surface area contributed by atoms with E-state index in [1.165, 1.54) is 31.4 Å². The fourth-order valence-corrected chi connectivity index (χ4v) is 3.13. The lowest BCUT2D eigenvalue weighted by Crippen LogP contribution is -2.37. The van der Waals surface area contributed by atoms with Crippen molar-refractivity contribution in [2.75, 3.05) is 18.1 Å². The molecule has 0 spiro atoms. The summed E-state index contributed by atoms with van der Waals surface area (Å²) in [7, 11) is 0. The molecule has 1 aromatic rings. The molecule has 1 saturated carbocycles. The van der Waals surface area contributed by atoms with Crippen LogP contribution in [0.4, 0.5) is 5.82 Å². The largest absolute Gasteiger partial charge is 0.374 e. The van der Waals surface area contributed by atoms with Crippen LogP contribution in [-0.4, -0.2) is 35.3 Å². The Kier molecular flexibility index (Phi) is 2.12. The third-order valence-electron chi connectivity index (χ3n) is 4.39. The van der Waals surface area contributed by atoms with Crippen LogP contribution in [0.1, 0.15) is 37.3 Å². The maximum Gasteiger partial charge on any atom is 0.132 e. The maximum atomic E-state index is 5.63. The molecule has 1 aromatic heterocycles. The molecular weight excluding hydrogens is 214 g/mol. The lowest BCUT2D eigenvalue weighted by molar-refractivity contribution is 0.0988. The third kappa shape index (κ3) is 1.54. The number of hydrogen-bond donors (Lipinski definition) is 0. The van der Waals surface area contributed by atoms with Gasteiger partial charge in [0.25, 0.3) is 0 Å². The van der Waals surface area contributed by atoms with E-state index in [4.69, 9.17) is 4.74 Å². The predicted molar refractivity (Wildman–Crippen MR) is 64.1 cm³/mol. The maximum absolute atomic E-state index is 5.63. The fourth-order valence-electron chi connectivity index (χ4n) is 3.13. The molecule has 17 heavy (non-hydrogen) atoms. The number of fused-ring (bicyclic) bond motifs is 2. The summed E-state index contributed by atoms with van der Waals surface area (Å²) in [5.41, 5.74) is 1.24. The minimum atomic E-state index is 0.433. The summed E-state index contributed by atoms with van der Waals surface area (Å²) in [6, 6.07) is 2.74. The zero-order valence-electron chi connectivity index (χ0n) is 9.88. The molecule has 4 heteroatoms. The Balaban J connectivity index is 1.60. The van der Waals surface area contributed by atoms with Crippen LogP contribution >= 0.6 is 0 Å². The normalized spacial score (nSPS) is 31.9. The van der Waals surface area contributed by atoms with Crippen molar-refractivity contribution < 1.29 is 4.74 Å². The van der Waals surface area contributed by atoms with Crippen molar-refractivity contribution in [3.8, 4) is 0 Å². The molecule has 2 unspecified atom stereocenters. The molecule has 3 heterocycles. The van der Waals surface area contributed by atoms with E-state index >= 15 is 0 Å². The highest BCUT2D eigenvalue weighted by Gasteiger charge is 2.39. The summed E-state index contributed by atoms with van der Waals surface area (Å²) in [5, 5.41) is 0. The van der Waals surface area contributed by atoms with Gasteiger partial charge in [-0.15, -0.1) is 0 Å². The van der Waals surface area contributed by atoms with Crippen molar-refractivity contribution in [2.24, 2.45) is 0 Å². The van der Waals surface area contributed by atoms with Crippen molar-refractivity contribution in [1.82, 2.24) is 9.97 Å². The second kappa shape index (κ2) is 3.67. The zero-order valence-corrected chi connectivity index (χ0v) is 9.88. The van der Waals surface area contributed by atoms with Crippen molar-refractivity contribution >= 4 is 5.82 Å². The van der Waals surface area contributed by atoms with Crippen molar-refractivity contribution in [2.45, 2.75) is 43.7 Å². The molecule has 3 aliphatic rings. The first-order valence-corrected chi connectivity index (χ1v) is 6.60. The topological polar surface area (TPSA) is 38.2 Å². The molecule has 1 aliphatic carbocycles. The first-order valence-electron chi connectivity index (χ1n) is 6.60. The lowest BCUT2D eigenvalue weighted by atomic mass is 9.83. The molecule has 0 amide bonds. The quantitative estimate of drug-likeness (QED) is 0.777. The van der Waals surface area contributed by atoms with E-state index in [0.29, 0.717) is 18.1 Å². The monoisotopic (exact) mass is 231 g/mol. The highest BCUT2D eigenvalue weighted by atomic mass is 16.5. The van der Waals surface area contributed by atoms with Gasteiger partial charge in [0.15, 0.2) is 0 Å². The second-order valence-corrected chi connectivity index (χ2v) is 5.43.